The summed E-state index contributed by atoms with van der Waals surface area (Å²) in [6, 6.07) is 5.39. The number of rotatable bonds is 3. The van der Waals surface area contributed by atoms with Crippen molar-refractivity contribution < 1.29 is 25.8 Å². The summed E-state index contributed by atoms with van der Waals surface area (Å²) in [5.74, 6) is -0.291. The van der Waals surface area contributed by atoms with Crippen LogP contribution in [0.5, 0.6) is 5.75 Å². The molecule has 1 aliphatic carbocycles. The fraction of sp³-hybridized carbons (Fsp3) is 0.364. The molecule has 0 saturated heterocycles. The van der Waals surface area contributed by atoms with Crippen molar-refractivity contribution in [2.24, 2.45) is 0 Å². The van der Waals surface area contributed by atoms with E-state index in [0.717, 1.165) is 25.0 Å². The monoisotopic (exact) mass is 291 g/mol. The highest BCUT2D eigenvalue weighted by atomic mass is 32.2. The van der Waals surface area contributed by atoms with Crippen LogP contribution in [0, 0.1) is 11.3 Å². The molecule has 0 aliphatic heterocycles. The van der Waals surface area contributed by atoms with E-state index in [-0.39, 0.29) is 11.5 Å². The number of nitrogens with zero attached hydrogens (tertiary/aromatic N) is 1. The molecule has 8 heteroatoms. The molecular weight excluding hydrogens is 283 g/mol. The summed E-state index contributed by atoms with van der Waals surface area (Å²) in [7, 11) is -5.70. The Hall–Kier alpha value is -1.75. The molecule has 2 rings (SSSR count). The van der Waals surface area contributed by atoms with Crippen LogP contribution in [0.25, 0.3) is 0 Å². The highest BCUT2D eigenvalue weighted by Crippen LogP contribution is 2.42. The van der Waals surface area contributed by atoms with E-state index in [4.69, 9.17) is 5.26 Å². The first kappa shape index (κ1) is 13.7. The molecule has 0 unspecified atom stereocenters. The van der Waals surface area contributed by atoms with Gasteiger partial charge in [0.2, 0.25) is 0 Å². The molecule has 1 fully saturated rings. The molecule has 1 aliphatic rings. The third-order valence-corrected chi connectivity index (χ3v) is 3.63. The third kappa shape index (κ3) is 2.81. The quantitative estimate of drug-likeness (QED) is 0.634. The summed E-state index contributed by atoms with van der Waals surface area (Å²) in [4.78, 5) is 0. The van der Waals surface area contributed by atoms with Gasteiger partial charge < -0.3 is 4.18 Å². The molecule has 0 spiro atoms. The minimum Gasteiger partial charge on any atom is -0.376 e. The van der Waals surface area contributed by atoms with Crippen LogP contribution >= 0.6 is 0 Å². The van der Waals surface area contributed by atoms with Gasteiger partial charge in [-0.05, 0) is 36.5 Å². The smallest absolute Gasteiger partial charge is 0.376 e. The Kier molecular flexibility index (Phi) is 3.18. The second-order valence-electron chi connectivity index (χ2n) is 4.12. The fourth-order valence-corrected chi connectivity index (χ4v) is 2.06. The van der Waals surface area contributed by atoms with Gasteiger partial charge in [0, 0.05) is 0 Å². The summed E-state index contributed by atoms with van der Waals surface area (Å²) in [6.07, 6.45) is 1.82. The summed E-state index contributed by atoms with van der Waals surface area (Å²) in [5.41, 5.74) is -4.65. The van der Waals surface area contributed by atoms with Crippen LogP contribution in [0.2, 0.25) is 0 Å². The number of hydrogen-bond donors (Lipinski definition) is 0. The first-order chi connectivity index (χ1) is 8.74. The van der Waals surface area contributed by atoms with E-state index in [1.54, 1.807) is 0 Å². The van der Waals surface area contributed by atoms with E-state index in [1.807, 2.05) is 6.07 Å². The van der Waals surface area contributed by atoms with Gasteiger partial charge in [-0.1, -0.05) is 6.07 Å². The molecule has 0 radical (unpaired) electrons. The SMILES string of the molecule is N#Cc1cc(OS(=O)(=O)C(F)(F)F)ccc1C1CC1. The summed E-state index contributed by atoms with van der Waals surface area (Å²) >= 11 is 0. The van der Waals surface area contributed by atoms with Crippen molar-refractivity contribution >= 4 is 10.1 Å². The summed E-state index contributed by atoms with van der Waals surface area (Å²) < 4.78 is 62.0. The van der Waals surface area contributed by atoms with Crippen molar-refractivity contribution in [1.29, 1.82) is 5.26 Å². The maximum absolute atomic E-state index is 12.1. The summed E-state index contributed by atoms with van der Waals surface area (Å²) in [5, 5.41) is 8.90. The van der Waals surface area contributed by atoms with Gasteiger partial charge in [-0.25, -0.2) is 0 Å². The van der Waals surface area contributed by atoms with Gasteiger partial charge in [-0.3, -0.25) is 0 Å². The normalized spacial score (nSPS) is 15.9. The molecule has 0 N–H and O–H groups in total. The van der Waals surface area contributed by atoms with Gasteiger partial charge in [-0.15, -0.1) is 0 Å². The lowest BCUT2D eigenvalue weighted by Gasteiger charge is -2.10. The van der Waals surface area contributed by atoms with Crippen molar-refractivity contribution in [3.8, 4) is 11.8 Å². The van der Waals surface area contributed by atoms with Crippen LogP contribution in [0.4, 0.5) is 13.2 Å². The first-order valence-corrected chi connectivity index (χ1v) is 6.70. The minimum atomic E-state index is -5.70. The molecule has 0 bridgehead atoms. The molecule has 0 heterocycles. The Labute approximate surface area is 107 Å². The van der Waals surface area contributed by atoms with Crippen molar-refractivity contribution in [3.63, 3.8) is 0 Å². The van der Waals surface area contributed by atoms with Gasteiger partial charge in [-0.2, -0.15) is 26.9 Å². The van der Waals surface area contributed by atoms with Crippen molar-refractivity contribution in [1.82, 2.24) is 0 Å². The predicted molar refractivity (Wildman–Crippen MR) is 58.7 cm³/mol. The molecule has 1 aromatic carbocycles. The lowest BCUT2D eigenvalue weighted by molar-refractivity contribution is -0.0500. The lowest BCUT2D eigenvalue weighted by atomic mass is 10.0. The molecule has 0 atom stereocenters. The standard InChI is InChI=1S/C11H8F3NO3S/c12-11(13,14)19(16,17)18-9-3-4-10(7-1-2-7)8(5-9)6-15/h3-5,7H,1-2H2. The zero-order chi connectivity index (χ0) is 14.3. The second kappa shape index (κ2) is 4.42. The summed E-state index contributed by atoms with van der Waals surface area (Å²) in [6.45, 7) is 0. The number of hydrogen-bond acceptors (Lipinski definition) is 4. The predicted octanol–water partition coefficient (Wildman–Crippen LogP) is 2.66. The zero-order valence-electron chi connectivity index (χ0n) is 9.44. The third-order valence-electron chi connectivity index (χ3n) is 2.65. The Bertz CT molecular complexity index is 642. The average Bonchev–Trinajstić information content (AvgIpc) is 3.10. The average molecular weight is 291 g/mol. The molecule has 0 aromatic heterocycles. The van der Waals surface area contributed by atoms with E-state index in [2.05, 4.69) is 4.18 Å². The fourth-order valence-electron chi connectivity index (χ4n) is 1.61. The topological polar surface area (TPSA) is 67.2 Å². The van der Waals surface area contributed by atoms with Gasteiger partial charge >= 0.3 is 15.6 Å². The van der Waals surface area contributed by atoms with E-state index in [1.165, 1.54) is 6.07 Å². The highest BCUT2D eigenvalue weighted by Gasteiger charge is 2.48. The minimum absolute atomic E-state index is 0.136. The van der Waals surface area contributed by atoms with Gasteiger partial charge in [0.1, 0.15) is 5.75 Å². The molecule has 1 aromatic rings. The Morgan fingerprint density at radius 1 is 1.32 bits per heavy atom. The molecule has 102 valence electrons. The van der Waals surface area contributed by atoms with Crippen LogP contribution in [0.15, 0.2) is 18.2 Å². The molecular formula is C11H8F3NO3S. The van der Waals surface area contributed by atoms with E-state index in [9.17, 15) is 21.6 Å². The number of nitriles is 1. The Balaban J connectivity index is 2.31. The zero-order valence-corrected chi connectivity index (χ0v) is 10.3. The van der Waals surface area contributed by atoms with Crippen LogP contribution in [-0.4, -0.2) is 13.9 Å². The Morgan fingerprint density at radius 2 is 1.95 bits per heavy atom. The van der Waals surface area contributed by atoms with Crippen molar-refractivity contribution in [2.45, 2.75) is 24.3 Å². The van der Waals surface area contributed by atoms with Gasteiger partial charge in [0.05, 0.1) is 11.6 Å². The van der Waals surface area contributed by atoms with Gasteiger partial charge in [0.25, 0.3) is 0 Å². The van der Waals surface area contributed by atoms with E-state index in [0.29, 0.717) is 5.56 Å². The van der Waals surface area contributed by atoms with Crippen LogP contribution in [0.1, 0.15) is 29.9 Å². The highest BCUT2D eigenvalue weighted by molar-refractivity contribution is 7.87. The number of benzene rings is 1. The van der Waals surface area contributed by atoms with Crippen LogP contribution in [0.3, 0.4) is 0 Å². The van der Waals surface area contributed by atoms with Crippen LogP contribution in [-0.2, 0) is 10.1 Å². The van der Waals surface area contributed by atoms with Crippen LogP contribution < -0.4 is 4.18 Å². The molecule has 0 amide bonds. The molecule has 4 nitrogen and oxygen atoms in total. The van der Waals surface area contributed by atoms with Crippen molar-refractivity contribution in [2.75, 3.05) is 0 Å². The largest absolute Gasteiger partial charge is 0.534 e. The molecule has 1 saturated carbocycles. The maximum Gasteiger partial charge on any atom is 0.534 e. The maximum atomic E-state index is 12.1. The second-order valence-corrected chi connectivity index (χ2v) is 5.66. The lowest BCUT2D eigenvalue weighted by Crippen LogP contribution is -2.28. The number of halogens is 3. The number of alkyl halides is 3. The first-order valence-electron chi connectivity index (χ1n) is 5.29. The molecule has 19 heavy (non-hydrogen) atoms. The van der Waals surface area contributed by atoms with E-state index < -0.39 is 21.4 Å². The van der Waals surface area contributed by atoms with Gasteiger partial charge in [0.15, 0.2) is 0 Å². The van der Waals surface area contributed by atoms with E-state index >= 15 is 0 Å². The van der Waals surface area contributed by atoms with Crippen molar-refractivity contribution in [3.05, 3.63) is 29.3 Å². The Morgan fingerprint density at radius 3 is 2.42 bits per heavy atom.